The molecule has 0 spiro atoms. The van der Waals surface area contributed by atoms with Crippen molar-refractivity contribution in [2.75, 3.05) is 7.11 Å². The largest absolute Gasteiger partial charge is 0.496 e. The summed E-state index contributed by atoms with van der Waals surface area (Å²) in [6.07, 6.45) is 1.74. The summed E-state index contributed by atoms with van der Waals surface area (Å²) in [7, 11) is -2.19. The average Bonchev–Trinajstić information content (AvgIpc) is 2.52. The first-order valence-corrected chi connectivity index (χ1v) is 8.54. The molecule has 0 heterocycles. The van der Waals surface area contributed by atoms with E-state index in [2.05, 4.69) is 5.32 Å². The van der Waals surface area contributed by atoms with Crippen molar-refractivity contribution >= 4 is 9.84 Å². The van der Waals surface area contributed by atoms with Gasteiger partial charge in [0.1, 0.15) is 5.75 Å². The van der Waals surface area contributed by atoms with Gasteiger partial charge in [0.05, 0.1) is 12.0 Å². The Hall–Kier alpha value is -2.52. The summed E-state index contributed by atoms with van der Waals surface area (Å²) in [6.45, 7) is 3.71. The number of nitrogens with one attached hydrogen (secondary N) is 1. The molecule has 0 saturated heterocycles. The highest BCUT2D eigenvalue weighted by atomic mass is 32.2. The molecule has 120 valence electrons. The molecule has 0 radical (unpaired) electrons. The van der Waals surface area contributed by atoms with Gasteiger partial charge in [-0.25, -0.2) is 8.42 Å². The van der Waals surface area contributed by atoms with Crippen LogP contribution in [-0.4, -0.2) is 15.5 Å². The Morgan fingerprint density at radius 1 is 1.13 bits per heavy atom. The Balaban J connectivity index is 2.51. The van der Waals surface area contributed by atoms with Crippen molar-refractivity contribution in [1.82, 2.24) is 5.32 Å². The smallest absolute Gasteiger partial charge is 0.204 e. The molecular formula is C17H18N2O3S. The van der Waals surface area contributed by atoms with Gasteiger partial charge in [0.2, 0.25) is 9.84 Å². The van der Waals surface area contributed by atoms with E-state index in [4.69, 9.17) is 10.00 Å². The Morgan fingerprint density at radius 3 is 2.30 bits per heavy atom. The molecule has 0 fully saturated rings. The van der Waals surface area contributed by atoms with E-state index in [9.17, 15) is 8.42 Å². The first-order chi connectivity index (χ1) is 10.9. The maximum atomic E-state index is 12.9. The minimum Gasteiger partial charge on any atom is -0.496 e. The van der Waals surface area contributed by atoms with Crippen LogP contribution in [0.15, 0.2) is 47.4 Å². The molecule has 6 heteroatoms. The fraction of sp³-hybridized carbons (Fsp3) is 0.235. The number of methoxy groups -OCH3 is 1. The summed E-state index contributed by atoms with van der Waals surface area (Å²) in [4.78, 5) is 0.171. The van der Waals surface area contributed by atoms with Crippen LogP contribution in [0.1, 0.15) is 22.1 Å². The van der Waals surface area contributed by atoms with Gasteiger partial charge >= 0.3 is 0 Å². The molecule has 0 aliphatic carbocycles. The monoisotopic (exact) mass is 330 g/mol. The van der Waals surface area contributed by atoms with Gasteiger partial charge in [0.15, 0.2) is 11.6 Å². The second-order valence-electron chi connectivity index (χ2n) is 5.22. The molecular weight excluding hydrogens is 312 g/mol. The number of ether oxygens (including phenoxy) is 1. The molecule has 2 rings (SSSR count). The third-order valence-corrected chi connectivity index (χ3v) is 5.52. The van der Waals surface area contributed by atoms with Crippen molar-refractivity contribution in [3.8, 4) is 11.9 Å². The van der Waals surface area contributed by atoms with Gasteiger partial charge < -0.3 is 10.1 Å². The zero-order chi connectivity index (χ0) is 17.0. The first-order valence-electron chi connectivity index (χ1n) is 7.00. The number of nitrogens with zero attached hydrogens (tertiary/aromatic N) is 1. The molecule has 1 atom stereocenters. The predicted octanol–water partition coefficient (Wildman–Crippen LogP) is 2.86. The molecule has 0 aliphatic heterocycles. The fourth-order valence-electron chi connectivity index (χ4n) is 2.33. The zero-order valence-electron chi connectivity index (χ0n) is 13.2. The lowest BCUT2D eigenvalue weighted by molar-refractivity contribution is 0.411. The molecule has 0 aliphatic rings. The van der Waals surface area contributed by atoms with E-state index in [1.807, 2.05) is 13.8 Å². The van der Waals surface area contributed by atoms with Crippen LogP contribution in [-0.2, 0) is 9.84 Å². The summed E-state index contributed by atoms with van der Waals surface area (Å²) in [5.74, 6) is 0.664. The van der Waals surface area contributed by atoms with Gasteiger partial charge in [-0.3, -0.25) is 0 Å². The highest BCUT2D eigenvalue weighted by Gasteiger charge is 2.29. The van der Waals surface area contributed by atoms with Crippen molar-refractivity contribution in [2.45, 2.75) is 24.1 Å². The van der Waals surface area contributed by atoms with Crippen LogP contribution in [0.25, 0.3) is 0 Å². The maximum absolute atomic E-state index is 12.9. The minimum absolute atomic E-state index is 0.171. The molecule has 5 nitrogen and oxygen atoms in total. The summed E-state index contributed by atoms with van der Waals surface area (Å²) in [6, 6.07) is 11.6. The highest BCUT2D eigenvalue weighted by molar-refractivity contribution is 7.91. The lowest BCUT2D eigenvalue weighted by atomic mass is 10.1. The van der Waals surface area contributed by atoms with E-state index in [1.54, 1.807) is 55.8 Å². The van der Waals surface area contributed by atoms with E-state index in [0.29, 0.717) is 11.3 Å². The summed E-state index contributed by atoms with van der Waals surface area (Å²) >= 11 is 0. The molecule has 0 aromatic heterocycles. The SMILES string of the molecule is COc1ccc(C(NC#N)S(=O)(=O)c2ccc(C)cc2)cc1C. The number of rotatable bonds is 5. The van der Waals surface area contributed by atoms with Crippen LogP contribution < -0.4 is 10.1 Å². The minimum atomic E-state index is -3.74. The number of hydrogen-bond acceptors (Lipinski definition) is 5. The number of aryl methyl sites for hydroxylation is 2. The van der Waals surface area contributed by atoms with E-state index in [1.165, 1.54) is 0 Å². The van der Waals surface area contributed by atoms with Crippen LogP contribution in [0.2, 0.25) is 0 Å². The Bertz CT molecular complexity index is 837. The van der Waals surface area contributed by atoms with Crippen molar-refractivity contribution in [2.24, 2.45) is 0 Å². The zero-order valence-corrected chi connectivity index (χ0v) is 14.0. The molecule has 1 unspecified atom stereocenters. The number of hydrogen-bond donors (Lipinski definition) is 1. The Morgan fingerprint density at radius 2 is 1.78 bits per heavy atom. The van der Waals surface area contributed by atoms with Gasteiger partial charge in [0.25, 0.3) is 0 Å². The maximum Gasteiger partial charge on any atom is 0.204 e. The molecule has 2 aromatic rings. The van der Waals surface area contributed by atoms with Crippen LogP contribution in [0.3, 0.4) is 0 Å². The second-order valence-corrected chi connectivity index (χ2v) is 7.26. The number of sulfone groups is 1. The van der Waals surface area contributed by atoms with E-state index < -0.39 is 15.2 Å². The molecule has 2 aromatic carbocycles. The topological polar surface area (TPSA) is 79.2 Å². The van der Waals surface area contributed by atoms with E-state index in [0.717, 1.165) is 11.1 Å². The van der Waals surface area contributed by atoms with E-state index >= 15 is 0 Å². The van der Waals surface area contributed by atoms with Crippen molar-refractivity contribution in [3.63, 3.8) is 0 Å². The fourth-order valence-corrected chi connectivity index (χ4v) is 3.83. The van der Waals surface area contributed by atoms with Crippen LogP contribution in [0.4, 0.5) is 0 Å². The second kappa shape index (κ2) is 6.71. The molecule has 23 heavy (non-hydrogen) atoms. The lowest BCUT2D eigenvalue weighted by Gasteiger charge is -2.18. The average molecular weight is 330 g/mol. The van der Waals surface area contributed by atoms with Gasteiger partial charge in [-0.15, -0.1) is 0 Å². The molecule has 1 N–H and O–H groups in total. The lowest BCUT2D eigenvalue weighted by Crippen LogP contribution is -2.25. The van der Waals surface area contributed by atoms with Crippen LogP contribution >= 0.6 is 0 Å². The molecule has 0 amide bonds. The summed E-state index contributed by atoms with van der Waals surface area (Å²) < 4.78 is 30.9. The van der Waals surface area contributed by atoms with Gasteiger partial charge in [-0.1, -0.05) is 23.8 Å². The summed E-state index contributed by atoms with van der Waals surface area (Å²) in [5.41, 5.74) is 2.26. The Labute approximate surface area is 136 Å². The highest BCUT2D eigenvalue weighted by Crippen LogP contribution is 2.29. The molecule has 0 bridgehead atoms. The van der Waals surface area contributed by atoms with Gasteiger partial charge in [0, 0.05) is 0 Å². The molecule has 0 saturated carbocycles. The van der Waals surface area contributed by atoms with Crippen molar-refractivity contribution in [1.29, 1.82) is 5.26 Å². The number of nitriles is 1. The van der Waals surface area contributed by atoms with Crippen molar-refractivity contribution < 1.29 is 13.2 Å². The Kier molecular flexibility index (Phi) is 4.92. The quantitative estimate of drug-likeness (QED) is 0.673. The van der Waals surface area contributed by atoms with Crippen LogP contribution in [0, 0.1) is 25.3 Å². The third-order valence-electron chi connectivity index (χ3n) is 3.58. The normalized spacial score (nSPS) is 12.3. The first kappa shape index (κ1) is 16.8. The van der Waals surface area contributed by atoms with Crippen LogP contribution in [0.5, 0.6) is 5.75 Å². The van der Waals surface area contributed by atoms with Gasteiger partial charge in [-0.05, 0) is 49.2 Å². The third kappa shape index (κ3) is 3.46. The summed E-state index contributed by atoms with van der Waals surface area (Å²) in [5, 5.41) is 10.2. The van der Waals surface area contributed by atoms with Gasteiger partial charge in [-0.2, -0.15) is 5.26 Å². The standard InChI is InChI=1S/C17H18N2O3S/c1-12-4-7-15(8-5-12)23(20,21)17(19-11-18)14-6-9-16(22-3)13(2)10-14/h4-10,17,19H,1-3H3. The predicted molar refractivity (Wildman–Crippen MR) is 87.6 cm³/mol. The van der Waals surface area contributed by atoms with E-state index in [-0.39, 0.29) is 4.90 Å². The number of benzene rings is 2. The van der Waals surface area contributed by atoms with Crippen molar-refractivity contribution in [3.05, 3.63) is 59.2 Å².